The standard InChI is InChI=1S/C16H22N2O/c1-10-6-11(2)14(12(3)7-10)15-18-13(8-19-15)16(4,5)9-17/h6-8H,9,17H2,1-5H3. The number of benzene rings is 1. The summed E-state index contributed by atoms with van der Waals surface area (Å²) in [6, 6.07) is 4.31. The lowest BCUT2D eigenvalue weighted by Gasteiger charge is -2.18. The van der Waals surface area contributed by atoms with Gasteiger partial charge in [-0.3, -0.25) is 0 Å². The fraction of sp³-hybridized carbons (Fsp3) is 0.438. The maximum atomic E-state index is 5.78. The van der Waals surface area contributed by atoms with Crippen molar-refractivity contribution in [2.75, 3.05) is 6.54 Å². The van der Waals surface area contributed by atoms with Crippen LogP contribution in [0.3, 0.4) is 0 Å². The highest BCUT2D eigenvalue weighted by Crippen LogP contribution is 2.30. The number of aromatic nitrogens is 1. The molecule has 3 nitrogen and oxygen atoms in total. The van der Waals surface area contributed by atoms with Crippen molar-refractivity contribution in [1.29, 1.82) is 0 Å². The summed E-state index contributed by atoms with van der Waals surface area (Å²) in [5, 5.41) is 0. The molecular weight excluding hydrogens is 236 g/mol. The first-order valence-corrected chi connectivity index (χ1v) is 6.59. The Morgan fingerprint density at radius 2 is 1.74 bits per heavy atom. The monoisotopic (exact) mass is 258 g/mol. The van der Waals surface area contributed by atoms with E-state index in [0.29, 0.717) is 12.4 Å². The lowest BCUT2D eigenvalue weighted by Crippen LogP contribution is -2.28. The summed E-state index contributed by atoms with van der Waals surface area (Å²) in [5.41, 5.74) is 11.3. The lowest BCUT2D eigenvalue weighted by molar-refractivity contribution is 0.512. The Labute approximate surface area is 114 Å². The van der Waals surface area contributed by atoms with E-state index < -0.39 is 0 Å². The van der Waals surface area contributed by atoms with E-state index in [-0.39, 0.29) is 5.41 Å². The van der Waals surface area contributed by atoms with E-state index in [1.54, 1.807) is 6.26 Å². The van der Waals surface area contributed by atoms with E-state index in [0.717, 1.165) is 11.3 Å². The molecular formula is C16H22N2O. The van der Waals surface area contributed by atoms with Gasteiger partial charge in [0, 0.05) is 17.5 Å². The van der Waals surface area contributed by atoms with Crippen molar-refractivity contribution in [3.8, 4) is 11.5 Å². The van der Waals surface area contributed by atoms with Gasteiger partial charge in [-0.1, -0.05) is 31.5 Å². The minimum absolute atomic E-state index is 0.158. The zero-order valence-corrected chi connectivity index (χ0v) is 12.4. The molecule has 2 rings (SSSR count). The van der Waals surface area contributed by atoms with Crippen molar-refractivity contribution in [1.82, 2.24) is 4.98 Å². The molecule has 0 unspecified atom stereocenters. The lowest BCUT2D eigenvalue weighted by atomic mass is 9.90. The molecule has 1 aromatic heterocycles. The van der Waals surface area contributed by atoms with Crippen molar-refractivity contribution in [3.63, 3.8) is 0 Å². The number of hydrogen-bond donors (Lipinski definition) is 1. The summed E-state index contributed by atoms with van der Waals surface area (Å²) in [4.78, 5) is 4.63. The zero-order valence-electron chi connectivity index (χ0n) is 12.4. The summed E-state index contributed by atoms with van der Waals surface area (Å²) in [5.74, 6) is 0.687. The topological polar surface area (TPSA) is 52.0 Å². The smallest absolute Gasteiger partial charge is 0.226 e. The van der Waals surface area contributed by atoms with Crippen LogP contribution in [-0.2, 0) is 5.41 Å². The van der Waals surface area contributed by atoms with Gasteiger partial charge in [-0.25, -0.2) is 4.98 Å². The molecule has 2 aromatic rings. The maximum absolute atomic E-state index is 5.78. The second-order valence-electron chi connectivity index (χ2n) is 5.90. The van der Waals surface area contributed by atoms with E-state index in [1.807, 2.05) is 0 Å². The Morgan fingerprint density at radius 3 is 2.26 bits per heavy atom. The number of rotatable bonds is 3. The second kappa shape index (κ2) is 4.82. The Morgan fingerprint density at radius 1 is 1.16 bits per heavy atom. The van der Waals surface area contributed by atoms with Gasteiger partial charge in [-0.2, -0.15) is 0 Å². The van der Waals surface area contributed by atoms with Gasteiger partial charge in [0.15, 0.2) is 0 Å². The summed E-state index contributed by atoms with van der Waals surface area (Å²) < 4.78 is 5.67. The molecule has 102 valence electrons. The molecule has 0 fully saturated rings. The van der Waals surface area contributed by atoms with Crippen molar-refractivity contribution >= 4 is 0 Å². The van der Waals surface area contributed by atoms with Gasteiger partial charge in [0.05, 0.1) is 5.69 Å². The first-order valence-electron chi connectivity index (χ1n) is 6.59. The third kappa shape index (κ3) is 2.56. The van der Waals surface area contributed by atoms with Crippen molar-refractivity contribution < 1.29 is 4.42 Å². The van der Waals surface area contributed by atoms with Gasteiger partial charge >= 0.3 is 0 Å². The molecule has 0 saturated carbocycles. The third-order valence-electron chi connectivity index (χ3n) is 3.60. The average molecular weight is 258 g/mol. The maximum Gasteiger partial charge on any atom is 0.226 e. The number of aryl methyl sites for hydroxylation is 3. The molecule has 0 bridgehead atoms. The number of nitrogens with zero attached hydrogens (tertiary/aromatic N) is 1. The van der Waals surface area contributed by atoms with Crippen LogP contribution in [0.2, 0.25) is 0 Å². The molecule has 0 saturated heterocycles. The van der Waals surface area contributed by atoms with Crippen LogP contribution in [0, 0.1) is 20.8 Å². The van der Waals surface area contributed by atoms with Gasteiger partial charge in [0.25, 0.3) is 0 Å². The molecule has 0 atom stereocenters. The Bertz CT molecular complexity index is 574. The molecule has 0 aliphatic heterocycles. The van der Waals surface area contributed by atoms with E-state index >= 15 is 0 Å². The molecule has 19 heavy (non-hydrogen) atoms. The van der Waals surface area contributed by atoms with E-state index in [4.69, 9.17) is 10.2 Å². The Balaban J connectivity index is 2.50. The van der Waals surface area contributed by atoms with Crippen LogP contribution in [0.15, 0.2) is 22.8 Å². The minimum Gasteiger partial charge on any atom is -0.444 e. The second-order valence-corrected chi connectivity index (χ2v) is 5.90. The Hall–Kier alpha value is -1.61. The first kappa shape index (κ1) is 13.8. The van der Waals surface area contributed by atoms with Gasteiger partial charge in [-0.15, -0.1) is 0 Å². The highest BCUT2D eigenvalue weighted by atomic mass is 16.3. The molecule has 0 aliphatic rings. The summed E-state index contributed by atoms with van der Waals surface area (Å²) in [7, 11) is 0. The molecule has 2 N–H and O–H groups in total. The number of hydrogen-bond acceptors (Lipinski definition) is 3. The third-order valence-corrected chi connectivity index (χ3v) is 3.60. The predicted molar refractivity (Wildman–Crippen MR) is 78.2 cm³/mol. The molecule has 1 heterocycles. The normalized spacial score (nSPS) is 11.9. The van der Waals surface area contributed by atoms with Crippen molar-refractivity contribution in [2.24, 2.45) is 5.73 Å². The molecule has 0 aliphatic carbocycles. The molecule has 3 heteroatoms. The van der Waals surface area contributed by atoms with Crippen LogP contribution in [0.4, 0.5) is 0 Å². The molecule has 0 radical (unpaired) electrons. The summed E-state index contributed by atoms with van der Waals surface area (Å²) >= 11 is 0. The molecule has 1 aromatic carbocycles. The van der Waals surface area contributed by atoms with Gasteiger partial charge in [-0.05, 0) is 31.9 Å². The van der Waals surface area contributed by atoms with Crippen LogP contribution >= 0.6 is 0 Å². The van der Waals surface area contributed by atoms with Crippen LogP contribution in [-0.4, -0.2) is 11.5 Å². The number of oxazole rings is 1. The SMILES string of the molecule is Cc1cc(C)c(-c2nc(C(C)(C)CN)co2)c(C)c1. The summed E-state index contributed by atoms with van der Waals surface area (Å²) in [6.45, 7) is 11.0. The van der Waals surface area contributed by atoms with E-state index in [1.165, 1.54) is 16.7 Å². The molecule has 0 amide bonds. The summed E-state index contributed by atoms with van der Waals surface area (Å²) in [6.07, 6.45) is 1.72. The zero-order chi connectivity index (χ0) is 14.2. The minimum atomic E-state index is -0.158. The highest BCUT2D eigenvalue weighted by molar-refractivity contribution is 5.64. The van der Waals surface area contributed by atoms with Crippen molar-refractivity contribution in [2.45, 2.75) is 40.0 Å². The van der Waals surface area contributed by atoms with Crippen LogP contribution in [0.25, 0.3) is 11.5 Å². The van der Waals surface area contributed by atoms with Crippen LogP contribution < -0.4 is 5.73 Å². The van der Waals surface area contributed by atoms with E-state index in [2.05, 4.69) is 51.7 Å². The van der Waals surface area contributed by atoms with Crippen LogP contribution in [0.1, 0.15) is 36.2 Å². The largest absolute Gasteiger partial charge is 0.444 e. The molecule has 0 spiro atoms. The fourth-order valence-electron chi connectivity index (χ4n) is 2.32. The highest BCUT2D eigenvalue weighted by Gasteiger charge is 2.24. The van der Waals surface area contributed by atoms with Crippen LogP contribution in [0.5, 0.6) is 0 Å². The van der Waals surface area contributed by atoms with Crippen molar-refractivity contribution in [3.05, 3.63) is 40.8 Å². The number of nitrogens with two attached hydrogens (primary N) is 1. The quantitative estimate of drug-likeness (QED) is 0.916. The van der Waals surface area contributed by atoms with Gasteiger partial charge in [0.2, 0.25) is 5.89 Å². The Kier molecular flexibility index (Phi) is 3.50. The van der Waals surface area contributed by atoms with Gasteiger partial charge in [0.1, 0.15) is 6.26 Å². The fourth-order valence-corrected chi connectivity index (χ4v) is 2.32. The van der Waals surface area contributed by atoms with E-state index in [9.17, 15) is 0 Å². The van der Waals surface area contributed by atoms with Gasteiger partial charge < -0.3 is 10.2 Å². The average Bonchev–Trinajstić information content (AvgIpc) is 2.77. The first-order chi connectivity index (χ1) is 8.85. The predicted octanol–water partition coefficient (Wildman–Crippen LogP) is 3.50.